The highest BCUT2D eigenvalue weighted by Gasteiger charge is 2.54. The van der Waals surface area contributed by atoms with Crippen LogP contribution >= 0.6 is 94.7 Å². The molecule has 0 radical (unpaired) electrons. The number of hydrogen-bond donors (Lipinski definition) is 0. The highest BCUT2D eigenvalue weighted by atomic mass is 31.1. The van der Waals surface area contributed by atoms with E-state index in [2.05, 4.69) is 101 Å². The highest BCUT2D eigenvalue weighted by Crippen LogP contribution is 2.42. The van der Waals surface area contributed by atoms with E-state index in [0.717, 1.165) is 12.8 Å². The summed E-state index contributed by atoms with van der Waals surface area (Å²) in [6.45, 7) is 19.6. The van der Waals surface area contributed by atoms with E-state index in [1.165, 1.54) is 0 Å². The largest absolute Gasteiger partial charge is 0.363 e. The van der Waals surface area contributed by atoms with E-state index in [0.29, 0.717) is 6.61 Å². The maximum Gasteiger partial charge on any atom is 0.163 e. The molecule has 0 bridgehead atoms. The van der Waals surface area contributed by atoms with Gasteiger partial charge in [0.05, 0.1) is 95.6 Å². The Balaban J connectivity index is 0.930. The first-order chi connectivity index (χ1) is 40.1. The average molecular weight is 1380 g/mol. The molecule has 0 N–H and O–H groups in total. The Morgan fingerprint density at radius 1 is 0.301 bits per heavy atom. The molecular formula is C49H94O24P10. The molecule has 83 heavy (non-hydrogen) atoms. The molecule has 0 spiro atoms. The summed E-state index contributed by atoms with van der Waals surface area (Å²) in [6, 6.07) is 0. The van der Waals surface area contributed by atoms with Gasteiger partial charge in [-0.1, -0.05) is 54.5 Å². The minimum atomic E-state index is -0.704. The second-order valence-electron chi connectivity index (χ2n) is 22.4. The van der Waals surface area contributed by atoms with Crippen molar-refractivity contribution in [2.24, 2.45) is 41.4 Å². The van der Waals surface area contributed by atoms with Crippen LogP contribution in [-0.4, -0.2) is 195 Å². The van der Waals surface area contributed by atoms with Gasteiger partial charge in [0.1, 0.15) is 54.9 Å². The van der Waals surface area contributed by atoms with E-state index >= 15 is 0 Å². The fourth-order valence-corrected chi connectivity index (χ4v) is 15.7. The second kappa shape index (κ2) is 36.7. The van der Waals surface area contributed by atoms with Crippen molar-refractivity contribution in [3.8, 4) is 0 Å². The number of ether oxygens (including phenoxy) is 14. The van der Waals surface area contributed by atoms with Crippen LogP contribution in [-0.2, 0) is 112 Å². The first-order valence-electron chi connectivity index (χ1n) is 28.1. The smallest absolute Gasteiger partial charge is 0.163 e. The van der Waals surface area contributed by atoms with Gasteiger partial charge in [-0.05, 0) is 12.8 Å². The summed E-state index contributed by atoms with van der Waals surface area (Å²) in [4.78, 5) is 0. The molecule has 0 aromatic carbocycles. The van der Waals surface area contributed by atoms with Gasteiger partial charge in [-0.3, -0.25) is 0 Å². The minimum absolute atomic E-state index is 0.115. The molecule has 37 unspecified atom stereocenters. The van der Waals surface area contributed by atoms with Crippen molar-refractivity contribution in [1.82, 2.24) is 0 Å². The average Bonchev–Trinajstić information content (AvgIpc) is 4.46. The van der Waals surface area contributed by atoms with Crippen LogP contribution in [0.5, 0.6) is 0 Å². The molecule has 24 nitrogen and oxygen atoms in total. The summed E-state index contributed by atoms with van der Waals surface area (Å²) < 4.78 is 148. The Kier molecular flexibility index (Phi) is 32.5. The van der Waals surface area contributed by atoms with Crippen LogP contribution in [0.15, 0.2) is 12.7 Å². The van der Waals surface area contributed by atoms with Crippen molar-refractivity contribution in [3.05, 3.63) is 12.7 Å². The van der Waals surface area contributed by atoms with Crippen LogP contribution < -0.4 is 0 Å². The topological polar surface area (TPSA) is 222 Å². The zero-order valence-electron chi connectivity index (χ0n) is 48.2. The van der Waals surface area contributed by atoms with Gasteiger partial charge in [0.2, 0.25) is 0 Å². The molecule has 40 atom stereocenters. The third-order valence-electron chi connectivity index (χ3n) is 17.0. The standard InChI is InChI=1S/C49H94O24P10/c1-9-10-11-12-50-43-20(2)34(65-49-24(6)38(69-79)31(64-49)17-53-46-23(5)37(68-78)30(61-46)16-55-48-26(8)40(71-81)42(73-83)33(63-48)19-57-75)27(58-43)13-51-44-21(3)35(66-76)28(59-44)14-52-45-22(4)36(67-77)29(60-45)15-54-47-25(7)39(70-80)41(72-82)32(62-47)18-56-74/h9,20-49H,1,10-19,74-83H2,2-8H3/t20?,21?,22?,23?,24?,25?,26?,27?,28?,29?,30?,31?,32?,33?,34?,35?,36?,37?,38?,39-,40?,41+,42?,43?,44?,45?,46?,47-,48?,49?/m1/s1. The fraction of sp³-hybridized carbons (Fsp3) is 0.959. The Morgan fingerprint density at radius 2 is 0.542 bits per heavy atom. The molecule has 7 rings (SSSR count). The maximum absolute atomic E-state index is 6.92. The Labute approximate surface area is 513 Å². The van der Waals surface area contributed by atoms with Gasteiger partial charge < -0.3 is 112 Å². The lowest BCUT2D eigenvalue weighted by molar-refractivity contribution is -0.278. The van der Waals surface area contributed by atoms with Crippen molar-refractivity contribution < 1.29 is 112 Å². The molecule has 484 valence electrons. The molecular weight excluding hydrogens is 1280 g/mol. The van der Waals surface area contributed by atoms with Crippen molar-refractivity contribution in [1.29, 1.82) is 0 Å². The quantitative estimate of drug-likeness (QED) is 0.0411. The Hall–Kier alpha value is 3.08. The summed E-state index contributed by atoms with van der Waals surface area (Å²) in [5.74, 6) is -1.38. The van der Waals surface area contributed by atoms with Crippen LogP contribution in [0.2, 0.25) is 0 Å². The van der Waals surface area contributed by atoms with Gasteiger partial charge in [-0.2, -0.15) is 0 Å². The summed E-state index contributed by atoms with van der Waals surface area (Å²) >= 11 is 0. The summed E-state index contributed by atoms with van der Waals surface area (Å²) in [5, 5.41) is 0. The lowest BCUT2D eigenvalue weighted by Crippen LogP contribution is -2.56. The lowest BCUT2D eigenvalue weighted by Gasteiger charge is -2.44. The Morgan fingerprint density at radius 3 is 0.831 bits per heavy atom. The van der Waals surface area contributed by atoms with Gasteiger partial charge in [0.15, 0.2) is 44.0 Å². The van der Waals surface area contributed by atoms with E-state index in [4.69, 9.17) is 112 Å². The maximum atomic E-state index is 6.92. The highest BCUT2D eigenvalue weighted by molar-refractivity contribution is 7.11. The van der Waals surface area contributed by atoms with Crippen molar-refractivity contribution in [2.75, 3.05) is 52.9 Å². The van der Waals surface area contributed by atoms with Gasteiger partial charge in [-0.15, -0.1) is 6.58 Å². The third-order valence-corrected chi connectivity index (χ3v) is 19.9. The van der Waals surface area contributed by atoms with E-state index in [9.17, 15) is 0 Å². The normalized spacial score (nSPS) is 45.7. The fourth-order valence-electron chi connectivity index (χ4n) is 12.2. The van der Waals surface area contributed by atoms with Crippen molar-refractivity contribution in [2.45, 2.75) is 203 Å². The van der Waals surface area contributed by atoms with E-state index in [1.54, 1.807) is 0 Å². The van der Waals surface area contributed by atoms with Gasteiger partial charge in [0.25, 0.3) is 0 Å². The van der Waals surface area contributed by atoms with Crippen LogP contribution in [0.3, 0.4) is 0 Å². The number of unbranched alkanes of at least 4 members (excludes halogenated alkanes) is 1. The molecule has 7 aliphatic heterocycles. The van der Waals surface area contributed by atoms with E-state index < -0.39 is 117 Å². The summed E-state index contributed by atoms with van der Waals surface area (Å²) in [5.41, 5.74) is 0. The molecule has 0 aromatic rings. The number of hydrogen-bond acceptors (Lipinski definition) is 24. The molecule has 0 amide bonds. The Bertz CT molecular complexity index is 1880. The first-order valence-corrected chi connectivity index (χ1v) is 32.8. The SMILES string of the molecule is C=CCCCOC1OC(COC2OC(COC3OC(CO[C@@H]4OC(COP)[C@H](OP)[C@H](OP)C4C)C(OP)C3C)C(OP)C2C)C(OC2OC(COC3OC(COC4OC(COP)C(OP)C(OP)C4C)C(OP)C3C)C(OP)C2C)C1C. The molecule has 7 fully saturated rings. The molecule has 0 aromatic heterocycles. The van der Waals surface area contributed by atoms with Crippen molar-refractivity contribution >= 4 is 94.7 Å². The lowest BCUT2D eigenvalue weighted by atomic mass is 9.92. The molecule has 34 heteroatoms. The molecule has 7 aliphatic rings. The summed E-state index contributed by atoms with van der Waals surface area (Å²) in [7, 11) is 23.2. The van der Waals surface area contributed by atoms with Gasteiger partial charge >= 0.3 is 0 Å². The van der Waals surface area contributed by atoms with E-state index in [-0.39, 0.29) is 112 Å². The van der Waals surface area contributed by atoms with Gasteiger partial charge in [-0.25, -0.2) is 0 Å². The van der Waals surface area contributed by atoms with Crippen LogP contribution in [0.1, 0.15) is 61.3 Å². The van der Waals surface area contributed by atoms with Gasteiger partial charge in [0, 0.05) is 136 Å². The van der Waals surface area contributed by atoms with Crippen LogP contribution in [0.25, 0.3) is 0 Å². The van der Waals surface area contributed by atoms with E-state index in [1.807, 2.05) is 54.5 Å². The first kappa shape index (κ1) is 73.5. The number of rotatable bonds is 34. The van der Waals surface area contributed by atoms with Crippen LogP contribution in [0, 0.1) is 41.4 Å². The van der Waals surface area contributed by atoms with Crippen LogP contribution in [0.4, 0.5) is 0 Å². The molecule has 0 saturated carbocycles. The molecule has 7 heterocycles. The monoisotopic (exact) mass is 1380 g/mol. The predicted octanol–water partition coefficient (Wildman–Crippen LogP) is 5.98. The molecule has 7 saturated heterocycles. The van der Waals surface area contributed by atoms with Crippen molar-refractivity contribution in [3.63, 3.8) is 0 Å². The minimum Gasteiger partial charge on any atom is -0.363 e. The number of allylic oxidation sites excluding steroid dienone is 1. The zero-order chi connectivity index (χ0) is 60.1. The third kappa shape index (κ3) is 18.1. The second-order valence-corrected chi connectivity index (χ2v) is 25.2. The predicted molar refractivity (Wildman–Crippen MR) is 333 cm³/mol. The zero-order valence-corrected chi connectivity index (χ0v) is 59.8. The summed E-state index contributed by atoms with van der Waals surface area (Å²) in [6.07, 6.45) is -8.08. The molecule has 0 aliphatic carbocycles.